The predicted octanol–water partition coefficient (Wildman–Crippen LogP) is 3.56. The van der Waals surface area contributed by atoms with Gasteiger partial charge >= 0.3 is 0 Å². The fourth-order valence-corrected chi connectivity index (χ4v) is 4.69. The smallest absolute Gasteiger partial charge is 0.245 e. The molecule has 0 aromatic heterocycles. The van der Waals surface area contributed by atoms with Crippen LogP contribution >= 0.6 is 0 Å². The lowest BCUT2D eigenvalue weighted by molar-refractivity contribution is -0.138. The van der Waals surface area contributed by atoms with Crippen LogP contribution in [0.3, 0.4) is 0 Å². The molecule has 2 amide bonds. The number of carbonyl (C=O) groups excluding carboxylic acids is 2. The minimum absolute atomic E-state index is 0.0976. The molecular formula is C23H34N2O3. The van der Waals surface area contributed by atoms with Gasteiger partial charge in [0.15, 0.2) is 0 Å². The maximum atomic E-state index is 13.1. The summed E-state index contributed by atoms with van der Waals surface area (Å²) < 4.78 is 5.21. The van der Waals surface area contributed by atoms with Gasteiger partial charge in [-0.1, -0.05) is 25.0 Å². The number of methoxy groups -OCH3 is 1. The van der Waals surface area contributed by atoms with E-state index in [1.54, 1.807) is 7.11 Å². The number of ether oxygens (including phenoxy) is 1. The molecule has 1 unspecified atom stereocenters. The first kappa shape index (κ1) is 20.7. The highest BCUT2D eigenvalue weighted by Gasteiger charge is 2.35. The number of aryl methyl sites for hydroxylation is 1. The summed E-state index contributed by atoms with van der Waals surface area (Å²) in [6, 6.07) is 7.98. The molecule has 1 aliphatic carbocycles. The predicted molar refractivity (Wildman–Crippen MR) is 110 cm³/mol. The van der Waals surface area contributed by atoms with Crippen molar-refractivity contribution >= 4 is 11.8 Å². The lowest BCUT2D eigenvalue weighted by atomic mass is 9.89. The molecule has 5 nitrogen and oxygen atoms in total. The molecule has 1 aliphatic heterocycles. The SMILES string of the molecule is COc1ccc(CCC2CCN(C(=O)C(NC(C)=O)C3CCCC3)CC2)cc1. The largest absolute Gasteiger partial charge is 0.497 e. The van der Waals surface area contributed by atoms with Crippen LogP contribution in [0.5, 0.6) is 5.75 Å². The van der Waals surface area contributed by atoms with Crippen molar-refractivity contribution in [2.45, 2.75) is 64.3 Å². The number of piperidine rings is 1. The van der Waals surface area contributed by atoms with Crippen molar-refractivity contribution in [3.05, 3.63) is 29.8 Å². The van der Waals surface area contributed by atoms with E-state index < -0.39 is 0 Å². The molecule has 1 heterocycles. The number of amides is 2. The van der Waals surface area contributed by atoms with Crippen molar-refractivity contribution in [2.75, 3.05) is 20.2 Å². The van der Waals surface area contributed by atoms with E-state index in [1.165, 1.54) is 25.3 Å². The highest BCUT2D eigenvalue weighted by molar-refractivity contribution is 5.87. The zero-order valence-electron chi connectivity index (χ0n) is 17.3. The van der Waals surface area contributed by atoms with Gasteiger partial charge in [0, 0.05) is 20.0 Å². The number of rotatable bonds is 7. The highest BCUT2D eigenvalue weighted by atomic mass is 16.5. The molecule has 1 saturated carbocycles. The molecule has 1 saturated heterocycles. The van der Waals surface area contributed by atoms with Crippen molar-refractivity contribution in [3.8, 4) is 5.75 Å². The molecule has 0 spiro atoms. The molecule has 2 fully saturated rings. The molecule has 0 radical (unpaired) electrons. The number of benzene rings is 1. The van der Waals surface area contributed by atoms with E-state index in [0.29, 0.717) is 11.8 Å². The second-order valence-electron chi connectivity index (χ2n) is 8.38. The van der Waals surface area contributed by atoms with Crippen molar-refractivity contribution in [1.82, 2.24) is 10.2 Å². The standard InChI is InChI=1S/C23H34N2O3/c1-17(26)24-22(20-5-3-4-6-20)23(27)25-15-13-19(14-16-25)8-7-18-9-11-21(28-2)12-10-18/h9-12,19-20,22H,3-8,13-16H2,1-2H3,(H,24,26). The molecule has 154 valence electrons. The van der Waals surface area contributed by atoms with Gasteiger partial charge in [-0.05, 0) is 68.1 Å². The minimum Gasteiger partial charge on any atom is -0.497 e. The summed E-state index contributed by atoms with van der Waals surface area (Å²) in [6.07, 6.45) is 8.77. The Bertz CT molecular complexity index is 644. The van der Waals surface area contributed by atoms with Gasteiger partial charge in [-0.15, -0.1) is 0 Å². The summed E-state index contributed by atoms with van der Waals surface area (Å²) in [7, 11) is 1.69. The molecule has 1 aromatic rings. The maximum Gasteiger partial charge on any atom is 0.245 e. The molecule has 0 bridgehead atoms. The summed E-state index contributed by atoms with van der Waals surface area (Å²) in [5, 5.41) is 2.95. The van der Waals surface area contributed by atoms with Crippen LogP contribution < -0.4 is 10.1 Å². The van der Waals surface area contributed by atoms with Crippen LogP contribution in [0, 0.1) is 11.8 Å². The van der Waals surface area contributed by atoms with Crippen LogP contribution in [0.15, 0.2) is 24.3 Å². The van der Waals surface area contributed by atoms with Gasteiger partial charge in [0.05, 0.1) is 7.11 Å². The zero-order valence-corrected chi connectivity index (χ0v) is 17.3. The van der Waals surface area contributed by atoms with Crippen LogP contribution in [-0.4, -0.2) is 43.0 Å². The topological polar surface area (TPSA) is 58.6 Å². The summed E-state index contributed by atoms with van der Waals surface area (Å²) in [5.74, 6) is 1.91. The van der Waals surface area contributed by atoms with Crippen molar-refractivity contribution in [2.24, 2.45) is 11.8 Å². The number of nitrogens with one attached hydrogen (secondary N) is 1. The van der Waals surface area contributed by atoms with Crippen LogP contribution in [0.4, 0.5) is 0 Å². The Labute approximate surface area is 168 Å². The van der Waals surface area contributed by atoms with Gasteiger partial charge in [0.1, 0.15) is 11.8 Å². The van der Waals surface area contributed by atoms with Gasteiger partial charge in [-0.2, -0.15) is 0 Å². The van der Waals surface area contributed by atoms with E-state index in [-0.39, 0.29) is 17.9 Å². The van der Waals surface area contributed by atoms with E-state index in [4.69, 9.17) is 4.74 Å². The molecular weight excluding hydrogens is 352 g/mol. The Morgan fingerprint density at radius 2 is 1.75 bits per heavy atom. The van der Waals surface area contributed by atoms with Crippen molar-refractivity contribution in [3.63, 3.8) is 0 Å². The summed E-state index contributed by atoms with van der Waals surface area (Å²) >= 11 is 0. The van der Waals surface area contributed by atoms with Gasteiger partial charge in [-0.25, -0.2) is 0 Å². The molecule has 28 heavy (non-hydrogen) atoms. The maximum absolute atomic E-state index is 13.1. The number of nitrogens with zero attached hydrogens (tertiary/aromatic N) is 1. The van der Waals surface area contributed by atoms with E-state index in [0.717, 1.165) is 57.4 Å². The van der Waals surface area contributed by atoms with Crippen molar-refractivity contribution in [1.29, 1.82) is 0 Å². The Hall–Kier alpha value is -2.04. The fourth-order valence-electron chi connectivity index (χ4n) is 4.69. The molecule has 1 N–H and O–H groups in total. The monoisotopic (exact) mass is 386 g/mol. The van der Waals surface area contributed by atoms with Crippen LogP contribution in [0.2, 0.25) is 0 Å². The summed E-state index contributed by atoms with van der Waals surface area (Å²) in [5.41, 5.74) is 1.34. The molecule has 2 aliphatic rings. The molecule has 1 atom stereocenters. The van der Waals surface area contributed by atoms with Gasteiger partial charge < -0.3 is 15.0 Å². The number of hydrogen-bond acceptors (Lipinski definition) is 3. The number of hydrogen-bond donors (Lipinski definition) is 1. The average Bonchev–Trinajstić information content (AvgIpc) is 3.25. The first-order chi connectivity index (χ1) is 13.6. The van der Waals surface area contributed by atoms with E-state index in [9.17, 15) is 9.59 Å². The first-order valence-electron chi connectivity index (χ1n) is 10.8. The van der Waals surface area contributed by atoms with Gasteiger partial charge in [0.2, 0.25) is 11.8 Å². The quantitative estimate of drug-likeness (QED) is 0.779. The molecule has 3 rings (SSSR count). The first-order valence-corrected chi connectivity index (χ1v) is 10.8. The Balaban J connectivity index is 1.47. The Morgan fingerprint density at radius 3 is 2.32 bits per heavy atom. The summed E-state index contributed by atoms with van der Waals surface area (Å²) in [4.78, 5) is 26.7. The van der Waals surface area contributed by atoms with E-state index in [1.807, 2.05) is 17.0 Å². The van der Waals surface area contributed by atoms with Crippen LogP contribution in [0.1, 0.15) is 57.4 Å². The fraction of sp³-hybridized carbons (Fsp3) is 0.652. The number of likely N-dealkylation sites (tertiary alicyclic amines) is 1. The van der Waals surface area contributed by atoms with Gasteiger partial charge in [-0.3, -0.25) is 9.59 Å². The average molecular weight is 387 g/mol. The third kappa shape index (κ3) is 5.49. The van der Waals surface area contributed by atoms with Crippen molar-refractivity contribution < 1.29 is 14.3 Å². The Kier molecular flexibility index (Phi) is 7.35. The molecule has 5 heteroatoms. The lowest BCUT2D eigenvalue weighted by Gasteiger charge is -2.36. The van der Waals surface area contributed by atoms with Crippen LogP contribution in [0.25, 0.3) is 0 Å². The van der Waals surface area contributed by atoms with Crippen LogP contribution in [-0.2, 0) is 16.0 Å². The minimum atomic E-state index is -0.323. The number of carbonyl (C=O) groups is 2. The third-order valence-electron chi connectivity index (χ3n) is 6.42. The Morgan fingerprint density at radius 1 is 1.11 bits per heavy atom. The second-order valence-corrected chi connectivity index (χ2v) is 8.38. The highest BCUT2D eigenvalue weighted by Crippen LogP contribution is 2.30. The normalized spacial score (nSPS) is 19.4. The van der Waals surface area contributed by atoms with E-state index in [2.05, 4.69) is 17.4 Å². The zero-order chi connectivity index (χ0) is 19.9. The summed E-state index contributed by atoms with van der Waals surface area (Å²) in [6.45, 7) is 3.14. The third-order valence-corrected chi connectivity index (χ3v) is 6.42. The van der Waals surface area contributed by atoms with Gasteiger partial charge in [0.25, 0.3) is 0 Å². The molecule has 1 aromatic carbocycles. The second kappa shape index (κ2) is 9.94. The lowest BCUT2D eigenvalue weighted by Crippen LogP contribution is -2.53. The van der Waals surface area contributed by atoms with E-state index >= 15 is 0 Å².